The number of carbonyl (C=O) groups excluding carboxylic acids is 1. The van der Waals surface area contributed by atoms with Crippen LogP contribution in [0.5, 0.6) is 0 Å². The molecule has 4 nitrogen and oxygen atoms in total. The molecule has 0 aromatic heterocycles. The van der Waals surface area contributed by atoms with Gasteiger partial charge in [0.15, 0.2) is 0 Å². The Morgan fingerprint density at radius 3 is 0.818 bits per heavy atom. The molecule has 0 saturated carbocycles. The standard InChI is InChI=1S/C51H103NO3/c1-3-5-7-9-11-13-15-17-18-19-20-21-22-23-24-25-26-27-28-29-30-31-32-33-34-35-36-38-40-42-44-46-50(54)49(48-53)52-51(55)47-45-43-41-39-37-16-14-12-10-8-6-4-2/h49-50,53-54H,3-48H2,1-2H3,(H,52,55). The highest BCUT2D eigenvalue weighted by Gasteiger charge is 2.20. The van der Waals surface area contributed by atoms with Gasteiger partial charge in [0.05, 0.1) is 18.8 Å². The van der Waals surface area contributed by atoms with Crippen LogP contribution < -0.4 is 5.32 Å². The number of aliphatic hydroxyl groups is 2. The van der Waals surface area contributed by atoms with Gasteiger partial charge in [-0.25, -0.2) is 0 Å². The fourth-order valence-electron chi connectivity index (χ4n) is 8.42. The number of aliphatic hydroxyl groups excluding tert-OH is 2. The second kappa shape index (κ2) is 47.8. The third kappa shape index (κ3) is 44.3. The topological polar surface area (TPSA) is 69.6 Å². The second-order valence-corrected chi connectivity index (χ2v) is 18.0. The van der Waals surface area contributed by atoms with Crippen LogP contribution in [-0.2, 0) is 4.79 Å². The highest BCUT2D eigenvalue weighted by Crippen LogP contribution is 2.18. The molecule has 0 rings (SSSR count). The number of nitrogens with one attached hydrogen (secondary N) is 1. The third-order valence-electron chi connectivity index (χ3n) is 12.4. The molecule has 2 unspecified atom stereocenters. The van der Waals surface area contributed by atoms with E-state index in [1.807, 2.05) is 0 Å². The molecule has 2 atom stereocenters. The van der Waals surface area contributed by atoms with Gasteiger partial charge >= 0.3 is 0 Å². The Labute approximate surface area is 346 Å². The Balaban J connectivity index is 3.36. The van der Waals surface area contributed by atoms with E-state index < -0.39 is 12.1 Å². The molecule has 55 heavy (non-hydrogen) atoms. The molecular weight excluding hydrogens is 675 g/mol. The van der Waals surface area contributed by atoms with E-state index in [4.69, 9.17) is 0 Å². The molecule has 0 bridgehead atoms. The van der Waals surface area contributed by atoms with Crippen LogP contribution in [0.4, 0.5) is 0 Å². The van der Waals surface area contributed by atoms with Crippen LogP contribution in [0.3, 0.4) is 0 Å². The van der Waals surface area contributed by atoms with Gasteiger partial charge in [-0.1, -0.05) is 284 Å². The molecule has 0 saturated heterocycles. The second-order valence-electron chi connectivity index (χ2n) is 18.0. The van der Waals surface area contributed by atoms with E-state index in [0.29, 0.717) is 12.8 Å². The molecule has 3 N–H and O–H groups in total. The monoisotopic (exact) mass is 778 g/mol. The first-order valence-corrected chi connectivity index (χ1v) is 25.7. The van der Waals surface area contributed by atoms with E-state index in [9.17, 15) is 15.0 Å². The predicted molar refractivity (Wildman–Crippen MR) is 244 cm³/mol. The summed E-state index contributed by atoms with van der Waals surface area (Å²) in [7, 11) is 0. The maximum Gasteiger partial charge on any atom is 0.220 e. The molecule has 4 heteroatoms. The number of amides is 1. The summed E-state index contributed by atoms with van der Waals surface area (Å²) in [4.78, 5) is 12.4. The largest absolute Gasteiger partial charge is 0.394 e. The van der Waals surface area contributed by atoms with Crippen molar-refractivity contribution < 1.29 is 15.0 Å². The quantitative estimate of drug-likeness (QED) is 0.0539. The summed E-state index contributed by atoms with van der Waals surface area (Å²) in [5.74, 6) is -0.0268. The highest BCUT2D eigenvalue weighted by atomic mass is 16.3. The summed E-state index contributed by atoms with van der Waals surface area (Å²) in [6, 6.07) is -0.529. The van der Waals surface area contributed by atoms with Crippen molar-refractivity contribution in [3.63, 3.8) is 0 Å². The van der Waals surface area contributed by atoms with Crippen molar-refractivity contribution in [2.24, 2.45) is 0 Å². The SMILES string of the molecule is CCCCCCCCCCCCCCCCCCCCCCCCCCCCCCCCCC(O)C(CO)NC(=O)CCCCCCCCCCCCCC. The smallest absolute Gasteiger partial charge is 0.220 e. The lowest BCUT2D eigenvalue weighted by atomic mass is 10.0. The average Bonchev–Trinajstić information content (AvgIpc) is 3.19. The molecule has 0 spiro atoms. The molecule has 0 aliphatic rings. The number of carbonyl (C=O) groups is 1. The van der Waals surface area contributed by atoms with Crippen molar-refractivity contribution in [2.75, 3.05) is 6.61 Å². The van der Waals surface area contributed by atoms with Gasteiger partial charge in [-0.15, -0.1) is 0 Å². The minimum atomic E-state index is -0.653. The van der Waals surface area contributed by atoms with E-state index in [1.54, 1.807) is 0 Å². The number of unbranched alkanes of at least 4 members (excludes halogenated alkanes) is 41. The summed E-state index contributed by atoms with van der Waals surface area (Å²) in [5.41, 5.74) is 0. The Kier molecular flexibility index (Phi) is 47.2. The van der Waals surface area contributed by atoms with Gasteiger partial charge in [-0.3, -0.25) is 4.79 Å². The molecular formula is C51H103NO3. The molecule has 0 aromatic rings. The summed E-state index contributed by atoms with van der Waals surface area (Å²) in [6.45, 7) is 4.38. The average molecular weight is 778 g/mol. The Bertz CT molecular complexity index is 714. The van der Waals surface area contributed by atoms with E-state index in [1.165, 1.54) is 250 Å². The van der Waals surface area contributed by atoms with Crippen molar-refractivity contribution in [1.82, 2.24) is 5.32 Å². The molecule has 0 aromatic carbocycles. The van der Waals surface area contributed by atoms with Crippen LogP contribution in [0.25, 0.3) is 0 Å². The molecule has 330 valence electrons. The fraction of sp³-hybridized carbons (Fsp3) is 0.980. The van der Waals surface area contributed by atoms with Gasteiger partial charge in [-0.2, -0.15) is 0 Å². The van der Waals surface area contributed by atoms with Crippen molar-refractivity contribution in [3.05, 3.63) is 0 Å². The molecule has 0 fully saturated rings. The molecule has 0 aliphatic heterocycles. The Hall–Kier alpha value is -0.610. The highest BCUT2D eigenvalue weighted by molar-refractivity contribution is 5.76. The van der Waals surface area contributed by atoms with E-state index in [0.717, 1.165) is 25.7 Å². The van der Waals surface area contributed by atoms with Crippen LogP contribution in [-0.4, -0.2) is 34.9 Å². The normalized spacial score (nSPS) is 12.7. The maximum absolute atomic E-state index is 12.4. The molecule has 0 radical (unpaired) electrons. The summed E-state index contributed by atoms with van der Waals surface area (Å²) in [6.07, 6.45) is 59.4. The van der Waals surface area contributed by atoms with E-state index >= 15 is 0 Å². The zero-order valence-electron chi connectivity index (χ0n) is 38.0. The van der Waals surface area contributed by atoms with Gasteiger partial charge in [0, 0.05) is 6.42 Å². The minimum absolute atomic E-state index is 0.0268. The maximum atomic E-state index is 12.4. The zero-order valence-corrected chi connectivity index (χ0v) is 38.0. The summed E-state index contributed by atoms with van der Waals surface area (Å²) in [5, 5.41) is 23.2. The molecule has 0 heterocycles. The first kappa shape index (κ1) is 54.4. The number of rotatable bonds is 48. The first-order valence-electron chi connectivity index (χ1n) is 25.7. The van der Waals surface area contributed by atoms with Crippen molar-refractivity contribution >= 4 is 5.91 Å². The van der Waals surface area contributed by atoms with E-state index in [2.05, 4.69) is 19.2 Å². The number of hydrogen-bond donors (Lipinski definition) is 3. The van der Waals surface area contributed by atoms with Crippen LogP contribution >= 0.6 is 0 Å². The lowest BCUT2D eigenvalue weighted by Crippen LogP contribution is -2.45. The van der Waals surface area contributed by atoms with Crippen LogP contribution in [0.15, 0.2) is 0 Å². The van der Waals surface area contributed by atoms with Gasteiger partial charge in [0.25, 0.3) is 0 Å². The van der Waals surface area contributed by atoms with Gasteiger partial charge in [-0.05, 0) is 12.8 Å². The summed E-state index contributed by atoms with van der Waals surface area (Å²) < 4.78 is 0. The Morgan fingerprint density at radius 2 is 0.582 bits per heavy atom. The minimum Gasteiger partial charge on any atom is -0.394 e. The van der Waals surface area contributed by atoms with E-state index in [-0.39, 0.29) is 12.5 Å². The zero-order chi connectivity index (χ0) is 40.0. The third-order valence-corrected chi connectivity index (χ3v) is 12.4. The van der Waals surface area contributed by atoms with Crippen molar-refractivity contribution in [3.8, 4) is 0 Å². The lowest BCUT2D eigenvalue weighted by Gasteiger charge is -2.22. The van der Waals surface area contributed by atoms with Gasteiger partial charge < -0.3 is 15.5 Å². The van der Waals surface area contributed by atoms with Gasteiger partial charge in [0.1, 0.15) is 0 Å². The van der Waals surface area contributed by atoms with Crippen LogP contribution in [0.1, 0.15) is 303 Å². The van der Waals surface area contributed by atoms with Crippen molar-refractivity contribution in [2.45, 2.75) is 315 Å². The fourth-order valence-corrected chi connectivity index (χ4v) is 8.42. The van der Waals surface area contributed by atoms with Crippen LogP contribution in [0, 0.1) is 0 Å². The van der Waals surface area contributed by atoms with Crippen molar-refractivity contribution in [1.29, 1.82) is 0 Å². The lowest BCUT2D eigenvalue weighted by molar-refractivity contribution is -0.123. The molecule has 1 amide bonds. The van der Waals surface area contributed by atoms with Gasteiger partial charge in [0.2, 0.25) is 5.91 Å². The Morgan fingerprint density at radius 1 is 0.364 bits per heavy atom. The van der Waals surface area contributed by atoms with Crippen LogP contribution in [0.2, 0.25) is 0 Å². The predicted octanol–water partition coefficient (Wildman–Crippen LogP) is 16.4. The summed E-state index contributed by atoms with van der Waals surface area (Å²) >= 11 is 0. The number of hydrogen-bond acceptors (Lipinski definition) is 3. The molecule has 0 aliphatic carbocycles. The first-order chi connectivity index (χ1) is 27.2.